The molecule has 0 unspecified atom stereocenters. The number of aromatic nitrogens is 4. The zero-order chi connectivity index (χ0) is 49.5. The van der Waals surface area contributed by atoms with Crippen molar-refractivity contribution in [2.75, 3.05) is 0 Å². The van der Waals surface area contributed by atoms with Crippen molar-refractivity contribution in [2.45, 2.75) is 79.5 Å². The first kappa shape index (κ1) is 33.0. The van der Waals surface area contributed by atoms with Crippen LogP contribution in [0.15, 0.2) is 164 Å². The number of para-hydroxylation sites is 2. The fourth-order valence-electron chi connectivity index (χ4n) is 8.00. The molecule has 6 aromatic carbocycles. The smallest absolute Gasteiger partial charge is 0.268 e. The van der Waals surface area contributed by atoms with Crippen LogP contribution < -0.4 is 9.30 Å². The van der Waals surface area contributed by atoms with Crippen LogP contribution in [0.25, 0.3) is 61.3 Å². The number of fused-ring (bicyclic) bond motifs is 3. The molecule has 9 rings (SSSR count). The van der Waals surface area contributed by atoms with Crippen LogP contribution in [0.2, 0.25) is 0 Å². The molecule has 0 radical (unpaired) electrons. The average Bonchev–Trinajstić information content (AvgIpc) is 3.93. The van der Waals surface area contributed by atoms with Gasteiger partial charge in [0.05, 0.1) is 29.3 Å². The van der Waals surface area contributed by atoms with E-state index < -0.39 is 29.9 Å². The lowest BCUT2D eigenvalue weighted by Crippen LogP contribution is -2.30. The Bertz CT molecular complexity index is 3420. The molecule has 0 atom stereocenters. The highest BCUT2D eigenvalue weighted by Gasteiger charge is 2.24. The Morgan fingerprint density at radius 2 is 1.34 bits per heavy atom. The molecule has 3 aromatic heterocycles. The van der Waals surface area contributed by atoms with Crippen molar-refractivity contribution in [3.63, 3.8) is 0 Å². The van der Waals surface area contributed by atoms with Gasteiger partial charge in [0.1, 0.15) is 17.3 Å². The van der Waals surface area contributed by atoms with Crippen LogP contribution in [0.5, 0.6) is 11.5 Å². The van der Waals surface area contributed by atoms with Crippen LogP contribution >= 0.6 is 0 Å². The highest BCUT2D eigenvalue weighted by Crippen LogP contribution is 2.39. The number of hydrogen-bond donors (Lipinski definition) is 0. The third kappa shape index (κ3) is 8.20. The van der Waals surface area contributed by atoms with E-state index in [2.05, 4.69) is 76.7 Å². The largest absolute Gasteiger partial charge is 0.458 e. The SMILES string of the molecule is [2H]c1c([2H])c([2H])c(-c2cccc(-c3cc(C(C)(C)C)cc(C(C)(C)C)c3)c2-[n+]2[c-]n(-c3cccc(Oc4ccc5c6ccccc6n(-c6cc(C([2H])([2H])C(C)(C)C)ccn6)c5c4)c3)cc2)c([2H])c1[2H]. The summed E-state index contributed by atoms with van der Waals surface area (Å²) in [5, 5.41) is 2.05. The predicted molar refractivity (Wildman–Crippen MR) is 256 cm³/mol. The van der Waals surface area contributed by atoms with Crippen LogP contribution in [-0.4, -0.2) is 14.1 Å². The fraction of sp³-hybridized carbons (Fsp3) is 0.228. The summed E-state index contributed by atoms with van der Waals surface area (Å²) in [4.78, 5) is 4.76. The Morgan fingerprint density at radius 1 is 0.661 bits per heavy atom. The van der Waals surface area contributed by atoms with Gasteiger partial charge < -0.3 is 4.74 Å². The summed E-state index contributed by atoms with van der Waals surface area (Å²) in [6.45, 7) is 18.8. The molecule has 0 N–H and O–H groups in total. The second-order valence-corrected chi connectivity index (χ2v) is 19.0. The number of rotatable bonds is 8. The second kappa shape index (κ2) is 15.6. The summed E-state index contributed by atoms with van der Waals surface area (Å²) in [6, 6.07) is 35.9. The van der Waals surface area contributed by atoms with E-state index in [0.29, 0.717) is 34.1 Å². The highest BCUT2D eigenvalue weighted by molar-refractivity contribution is 6.09. The minimum atomic E-state index is -1.61. The minimum absolute atomic E-state index is 0.107. The first-order valence-corrected chi connectivity index (χ1v) is 21.1. The second-order valence-electron chi connectivity index (χ2n) is 19.0. The summed E-state index contributed by atoms with van der Waals surface area (Å²) in [6.07, 6.45) is 7.31. The number of hydrogen-bond acceptors (Lipinski definition) is 2. The van der Waals surface area contributed by atoms with Gasteiger partial charge >= 0.3 is 0 Å². The maximum Gasteiger partial charge on any atom is 0.268 e. The molecule has 0 bridgehead atoms. The Morgan fingerprint density at radius 3 is 2.06 bits per heavy atom. The number of benzene rings is 6. The number of ether oxygens (including phenoxy) is 1. The predicted octanol–water partition coefficient (Wildman–Crippen LogP) is 14.4. The standard InChI is InChI=1S/C57H56N4O/c1-55(2,3)37-39-27-28-58-53(31-39)61-51-24-14-13-21-49(51)50-26-25-46(36-52(50)61)62-45-20-15-19-44(35-45)59-29-30-60(38-59)54-47(40-17-11-10-12-18-40)22-16-23-48(54)41-32-42(56(4,5)6)34-43(33-41)57(7,8)9/h10-36H,37H2,1-9H3/i10D,11D,12D,17D,18D,37D2. The van der Waals surface area contributed by atoms with Gasteiger partial charge in [-0.15, -0.1) is 0 Å². The summed E-state index contributed by atoms with van der Waals surface area (Å²) in [5.74, 6) is 1.78. The lowest BCUT2D eigenvalue weighted by atomic mass is 9.78. The molecule has 5 nitrogen and oxygen atoms in total. The first-order chi connectivity index (χ1) is 32.4. The Labute approximate surface area is 376 Å². The van der Waals surface area contributed by atoms with E-state index in [1.165, 1.54) is 0 Å². The maximum absolute atomic E-state index is 9.04. The summed E-state index contributed by atoms with van der Waals surface area (Å²) >= 11 is 0. The van der Waals surface area contributed by atoms with E-state index >= 15 is 0 Å². The van der Waals surface area contributed by atoms with E-state index in [4.69, 9.17) is 19.3 Å². The lowest BCUT2D eigenvalue weighted by molar-refractivity contribution is -0.598. The van der Waals surface area contributed by atoms with E-state index in [1.54, 1.807) is 12.3 Å². The van der Waals surface area contributed by atoms with Crippen LogP contribution in [0.4, 0.5) is 0 Å². The van der Waals surface area contributed by atoms with Gasteiger partial charge in [0.2, 0.25) is 0 Å². The molecule has 0 saturated heterocycles. The van der Waals surface area contributed by atoms with E-state index in [0.717, 1.165) is 49.7 Å². The van der Waals surface area contributed by atoms with Crippen molar-refractivity contribution in [1.29, 1.82) is 0 Å². The van der Waals surface area contributed by atoms with Crippen molar-refractivity contribution in [3.05, 3.63) is 187 Å². The normalized spacial score (nSPS) is 14.2. The quantitative estimate of drug-likeness (QED) is 0.113. The minimum Gasteiger partial charge on any atom is -0.458 e. The molecule has 0 fully saturated rings. The third-order valence-electron chi connectivity index (χ3n) is 11.1. The molecule has 0 aliphatic rings. The number of nitrogens with zero attached hydrogens (tertiary/aromatic N) is 4. The Hall–Kier alpha value is -6.72. The van der Waals surface area contributed by atoms with Gasteiger partial charge in [0, 0.05) is 38.2 Å². The molecule has 0 spiro atoms. The summed E-state index contributed by atoms with van der Waals surface area (Å²) in [5.41, 5.74) is 7.38. The molecule has 3 heterocycles. The van der Waals surface area contributed by atoms with Crippen molar-refractivity contribution < 1.29 is 18.9 Å². The van der Waals surface area contributed by atoms with Gasteiger partial charge in [-0.05, 0) is 110 Å². The number of pyridine rings is 1. The lowest BCUT2D eigenvalue weighted by Gasteiger charge is -2.27. The topological polar surface area (TPSA) is 35.9 Å². The highest BCUT2D eigenvalue weighted by atomic mass is 16.5. The fourth-order valence-corrected chi connectivity index (χ4v) is 8.00. The van der Waals surface area contributed by atoms with Crippen molar-refractivity contribution in [2.24, 2.45) is 5.41 Å². The summed E-state index contributed by atoms with van der Waals surface area (Å²) in [7, 11) is 0. The first-order valence-electron chi connectivity index (χ1n) is 24.6. The molecule has 5 heteroatoms. The Kier molecular flexibility index (Phi) is 8.31. The van der Waals surface area contributed by atoms with Gasteiger partial charge in [-0.3, -0.25) is 13.7 Å². The van der Waals surface area contributed by atoms with Gasteiger partial charge in [-0.25, -0.2) is 4.98 Å². The molecule has 0 aliphatic carbocycles. The molecule has 0 amide bonds. The molecule has 310 valence electrons. The van der Waals surface area contributed by atoms with Crippen molar-refractivity contribution in [3.8, 4) is 50.9 Å². The van der Waals surface area contributed by atoms with Crippen molar-refractivity contribution >= 4 is 21.8 Å². The van der Waals surface area contributed by atoms with E-state index in [9.17, 15) is 0 Å². The Balaban J connectivity index is 1.14. The van der Waals surface area contributed by atoms with Crippen LogP contribution in [-0.2, 0) is 17.2 Å². The molecule has 62 heavy (non-hydrogen) atoms. The van der Waals surface area contributed by atoms with Crippen molar-refractivity contribution in [1.82, 2.24) is 14.1 Å². The third-order valence-corrected chi connectivity index (χ3v) is 11.1. The zero-order valence-corrected chi connectivity index (χ0v) is 36.9. The molecule has 0 aliphatic heterocycles. The van der Waals surface area contributed by atoms with Gasteiger partial charge in [0.25, 0.3) is 6.33 Å². The summed E-state index contributed by atoms with van der Waals surface area (Å²) < 4.78 is 74.0. The van der Waals surface area contributed by atoms with E-state index in [1.807, 2.05) is 127 Å². The van der Waals surface area contributed by atoms with Gasteiger partial charge in [0.15, 0.2) is 0 Å². The maximum atomic E-state index is 9.04. The molecular weight excluding hydrogens is 757 g/mol. The van der Waals surface area contributed by atoms with Crippen LogP contribution in [0.1, 0.15) is 88.6 Å². The molecule has 9 aromatic rings. The van der Waals surface area contributed by atoms with E-state index in [-0.39, 0.29) is 28.5 Å². The monoisotopic (exact) mass is 819 g/mol. The zero-order valence-electron chi connectivity index (χ0n) is 43.9. The van der Waals surface area contributed by atoms with Gasteiger partial charge in [-0.2, -0.15) is 0 Å². The molecular formula is C57H56N4O. The van der Waals surface area contributed by atoms with Crippen LogP contribution in [0.3, 0.4) is 0 Å². The van der Waals surface area contributed by atoms with Crippen LogP contribution in [0, 0.1) is 11.7 Å². The molecule has 0 saturated carbocycles. The van der Waals surface area contributed by atoms with Gasteiger partial charge in [-0.1, -0.05) is 153 Å². The average molecular weight is 820 g/mol. The number of imidazole rings is 1.